The van der Waals surface area contributed by atoms with Crippen molar-refractivity contribution in [2.45, 2.75) is 39.7 Å². The van der Waals surface area contributed by atoms with Crippen LogP contribution in [0.2, 0.25) is 0 Å². The van der Waals surface area contributed by atoms with Gasteiger partial charge in [-0.15, -0.1) is 0 Å². The largest absolute Gasteiger partial charge is 0.331 e. The molecule has 1 aliphatic rings. The Labute approximate surface area is 124 Å². The first kappa shape index (κ1) is 15.2. The summed E-state index contributed by atoms with van der Waals surface area (Å²) in [5.74, 6) is -0.971. The summed E-state index contributed by atoms with van der Waals surface area (Å²) in [5, 5.41) is 2.26. The highest BCUT2D eigenvalue weighted by Gasteiger charge is 2.48. The van der Waals surface area contributed by atoms with Gasteiger partial charge in [0.15, 0.2) is 0 Å². The van der Waals surface area contributed by atoms with Gasteiger partial charge in [-0.1, -0.05) is 30.3 Å². The predicted octanol–water partition coefficient (Wildman–Crippen LogP) is 2.11. The van der Waals surface area contributed by atoms with E-state index in [1.54, 1.807) is 0 Å². The highest BCUT2D eigenvalue weighted by atomic mass is 16.2. The maximum Gasteiger partial charge on any atom is 0.331 e. The summed E-state index contributed by atoms with van der Waals surface area (Å²) < 4.78 is 0. The number of imide groups is 2. The molecule has 0 aromatic heterocycles. The Morgan fingerprint density at radius 3 is 2.38 bits per heavy atom. The van der Waals surface area contributed by atoms with Crippen molar-refractivity contribution >= 4 is 17.8 Å². The van der Waals surface area contributed by atoms with Crippen LogP contribution in [0.25, 0.3) is 0 Å². The zero-order valence-corrected chi connectivity index (χ0v) is 12.6. The summed E-state index contributed by atoms with van der Waals surface area (Å²) in [4.78, 5) is 37.2. The minimum absolute atomic E-state index is 0.259. The van der Waals surface area contributed by atoms with Crippen LogP contribution in [0.1, 0.15) is 32.8 Å². The average Bonchev–Trinajstić information content (AvgIpc) is 2.44. The summed E-state index contributed by atoms with van der Waals surface area (Å²) in [6.07, 6.45) is 1.43. The molecular weight excluding hydrogens is 268 g/mol. The number of amides is 4. The summed E-state index contributed by atoms with van der Waals surface area (Å²) >= 11 is 0. The van der Waals surface area contributed by atoms with Gasteiger partial charge < -0.3 is 0 Å². The number of carbonyl (C=O) groups is 3. The lowest BCUT2D eigenvalue weighted by Crippen LogP contribution is -2.63. The summed E-state index contributed by atoms with van der Waals surface area (Å²) in [6, 6.07) is 9.01. The van der Waals surface area contributed by atoms with Crippen LogP contribution >= 0.6 is 0 Å². The van der Waals surface area contributed by atoms with Crippen molar-refractivity contribution in [1.82, 2.24) is 10.2 Å². The lowest BCUT2D eigenvalue weighted by Gasteiger charge is -2.37. The van der Waals surface area contributed by atoms with Crippen molar-refractivity contribution in [3.8, 4) is 0 Å². The van der Waals surface area contributed by atoms with Crippen LogP contribution in [0.3, 0.4) is 0 Å². The van der Waals surface area contributed by atoms with Crippen molar-refractivity contribution < 1.29 is 14.4 Å². The molecule has 1 aliphatic heterocycles. The number of hydrogen-bond acceptors (Lipinski definition) is 3. The number of nitrogens with zero attached hydrogens (tertiary/aromatic N) is 1. The van der Waals surface area contributed by atoms with Gasteiger partial charge in [-0.2, -0.15) is 0 Å². The van der Waals surface area contributed by atoms with Gasteiger partial charge in [0.05, 0.1) is 0 Å². The fourth-order valence-corrected chi connectivity index (χ4v) is 2.35. The third kappa shape index (κ3) is 2.96. The van der Waals surface area contributed by atoms with Crippen LogP contribution in [-0.4, -0.2) is 28.8 Å². The third-order valence-electron chi connectivity index (χ3n) is 3.89. The van der Waals surface area contributed by atoms with Crippen molar-refractivity contribution in [3.63, 3.8) is 0 Å². The number of rotatable bonds is 4. The molecule has 1 N–H and O–H groups in total. The van der Waals surface area contributed by atoms with Crippen molar-refractivity contribution in [3.05, 3.63) is 35.9 Å². The standard InChI is InChI=1S/C16H20N2O3/c1-11(9-10-12-7-5-4-6-8-12)18-14(20)16(2,3)13(19)17-15(18)21/h4-8,11H,9-10H2,1-3H3,(H,17,19,21). The quantitative estimate of drug-likeness (QED) is 0.863. The molecule has 0 saturated carbocycles. The zero-order valence-electron chi connectivity index (χ0n) is 12.6. The van der Waals surface area contributed by atoms with Crippen LogP contribution in [0.15, 0.2) is 30.3 Å². The molecule has 0 bridgehead atoms. The Bertz CT molecular complexity index is 566. The SMILES string of the molecule is CC(CCc1ccccc1)N1C(=O)NC(=O)C(C)(C)C1=O. The number of aryl methyl sites for hydroxylation is 1. The van der Waals surface area contributed by atoms with E-state index in [0.29, 0.717) is 6.42 Å². The topological polar surface area (TPSA) is 66.5 Å². The Balaban J connectivity index is 2.07. The number of hydrogen-bond donors (Lipinski definition) is 1. The molecule has 1 saturated heterocycles. The van der Waals surface area contributed by atoms with Crippen molar-refractivity contribution in [2.75, 3.05) is 0 Å². The fraction of sp³-hybridized carbons (Fsp3) is 0.438. The maximum absolute atomic E-state index is 12.4. The minimum atomic E-state index is -1.20. The molecule has 1 unspecified atom stereocenters. The van der Waals surface area contributed by atoms with Crippen molar-refractivity contribution in [1.29, 1.82) is 0 Å². The Kier molecular flexibility index (Phi) is 4.11. The lowest BCUT2D eigenvalue weighted by atomic mass is 9.88. The van der Waals surface area contributed by atoms with E-state index in [4.69, 9.17) is 0 Å². The van der Waals surface area contributed by atoms with Crippen LogP contribution < -0.4 is 5.32 Å². The van der Waals surface area contributed by atoms with E-state index in [2.05, 4.69) is 5.32 Å². The van der Waals surface area contributed by atoms with Gasteiger partial charge in [-0.3, -0.25) is 19.8 Å². The molecule has 1 aromatic rings. The first-order chi connectivity index (χ1) is 9.84. The zero-order chi connectivity index (χ0) is 15.6. The minimum Gasteiger partial charge on any atom is -0.277 e. The number of barbiturate groups is 1. The van der Waals surface area contributed by atoms with Gasteiger partial charge in [-0.05, 0) is 39.2 Å². The first-order valence-electron chi connectivity index (χ1n) is 7.07. The summed E-state index contributed by atoms with van der Waals surface area (Å²) in [5.41, 5.74) is -0.0425. The summed E-state index contributed by atoms with van der Waals surface area (Å²) in [6.45, 7) is 4.90. The molecule has 1 fully saturated rings. The number of carbonyl (C=O) groups excluding carboxylic acids is 3. The highest BCUT2D eigenvalue weighted by molar-refractivity contribution is 6.18. The van der Waals surface area contributed by atoms with Gasteiger partial charge >= 0.3 is 6.03 Å². The number of benzene rings is 1. The normalized spacial score (nSPS) is 19.4. The van der Waals surface area contributed by atoms with Gasteiger partial charge in [0.25, 0.3) is 0 Å². The average molecular weight is 288 g/mol. The molecule has 112 valence electrons. The van der Waals surface area contributed by atoms with Gasteiger partial charge in [0, 0.05) is 6.04 Å². The Morgan fingerprint density at radius 2 is 1.76 bits per heavy atom. The van der Waals surface area contributed by atoms with Crippen molar-refractivity contribution in [2.24, 2.45) is 5.41 Å². The van der Waals surface area contributed by atoms with E-state index >= 15 is 0 Å². The predicted molar refractivity (Wildman–Crippen MR) is 78.4 cm³/mol. The summed E-state index contributed by atoms with van der Waals surface area (Å²) in [7, 11) is 0. The molecular formula is C16H20N2O3. The van der Waals surface area contributed by atoms with Gasteiger partial charge in [-0.25, -0.2) is 4.79 Å². The molecule has 5 heteroatoms. The van der Waals surface area contributed by atoms with Gasteiger partial charge in [0.2, 0.25) is 11.8 Å². The molecule has 1 aromatic carbocycles. The second-order valence-electron chi connectivity index (χ2n) is 5.93. The molecule has 0 aliphatic carbocycles. The maximum atomic E-state index is 12.4. The monoisotopic (exact) mass is 288 g/mol. The Morgan fingerprint density at radius 1 is 1.14 bits per heavy atom. The third-order valence-corrected chi connectivity index (χ3v) is 3.89. The number of urea groups is 1. The van der Waals surface area contributed by atoms with E-state index in [1.165, 1.54) is 18.7 Å². The van der Waals surface area contributed by atoms with Crippen LogP contribution in [0.5, 0.6) is 0 Å². The highest BCUT2D eigenvalue weighted by Crippen LogP contribution is 2.26. The Hall–Kier alpha value is -2.17. The second kappa shape index (κ2) is 5.68. The van der Waals surface area contributed by atoms with E-state index in [1.807, 2.05) is 37.3 Å². The molecule has 4 amide bonds. The van der Waals surface area contributed by atoms with Gasteiger partial charge in [0.1, 0.15) is 5.41 Å². The molecule has 5 nitrogen and oxygen atoms in total. The lowest BCUT2D eigenvalue weighted by molar-refractivity contribution is -0.150. The first-order valence-corrected chi connectivity index (χ1v) is 7.07. The molecule has 2 rings (SSSR count). The van der Waals surface area contributed by atoms with Crippen LogP contribution in [0, 0.1) is 5.41 Å². The molecule has 0 spiro atoms. The van der Waals surface area contributed by atoms with Crippen LogP contribution in [-0.2, 0) is 16.0 Å². The second-order valence-corrected chi connectivity index (χ2v) is 5.93. The van der Waals surface area contributed by atoms with E-state index in [9.17, 15) is 14.4 Å². The van der Waals surface area contributed by atoms with E-state index < -0.39 is 23.3 Å². The number of nitrogens with one attached hydrogen (secondary N) is 1. The molecule has 1 heterocycles. The van der Waals surface area contributed by atoms with E-state index in [-0.39, 0.29) is 6.04 Å². The smallest absolute Gasteiger partial charge is 0.277 e. The fourth-order valence-electron chi connectivity index (χ4n) is 2.35. The van der Waals surface area contributed by atoms with Crippen LogP contribution in [0.4, 0.5) is 4.79 Å². The molecule has 1 atom stereocenters. The van der Waals surface area contributed by atoms with E-state index in [0.717, 1.165) is 12.0 Å². The molecule has 0 radical (unpaired) electrons. The molecule has 21 heavy (non-hydrogen) atoms.